The first kappa shape index (κ1) is 33.2. The maximum atomic E-state index is 14.1. The fraction of sp³-hybridized carbons (Fsp3) is 0.231. The SMILES string of the molecule is C[C@H](/C=C/CCn1cc(C(CO)c2ccccc2)nn1)[C@@]1(O)C(=O)N(Cc2ccc(N3C(=O)COc4ccccc43)cc2)c2ccc(Cl)cc21. The summed E-state index contributed by atoms with van der Waals surface area (Å²) in [5.74, 6) is -0.810. The lowest BCUT2D eigenvalue weighted by molar-refractivity contribution is -0.139. The van der Waals surface area contributed by atoms with Crippen LogP contribution in [0.2, 0.25) is 5.02 Å². The van der Waals surface area contributed by atoms with Gasteiger partial charge in [0.1, 0.15) is 5.75 Å². The monoisotopic (exact) mass is 689 g/mol. The molecule has 2 amide bonds. The van der Waals surface area contributed by atoms with Crippen molar-refractivity contribution in [1.29, 1.82) is 0 Å². The number of ether oxygens (including phenoxy) is 1. The van der Waals surface area contributed by atoms with Crippen molar-refractivity contribution >= 4 is 40.5 Å². The molecule has 2 aliphatic heterocycles. The summed E-state index contributed by atoms with van der Waals surface area (Å²) in [7, 11) is 0. The molecule has 1 aromatic heterocycles. The van der Waals surface area contributed by atoms with E-state index in [4.69, 9.17) is 16.3 Å². The number of halogens is 1. The summed E-state index contributed by atoms with van der Waals surface area (Å²) in [6, 6.07) is 29.7. The first-order chi connectivity index (χ1) is 24.3. The Morgan fingerprint density at radius 2 is 1.74 bits per heavy atom. The Kier molecular flexibility index (Phi) is 9.24. The molecule has 2 N–H and O–H groups in total. The van der Waals surface area contributed by atoms with E-state index in [1.54, 1.807) is 32.7 Å². The number of aliphatic hydroxyl groups is 2. The average molecular weight is 690 g/mol. The van der Waals surface area contributed by atoms with Gasteiger partial charge in [-0.1, -0.05) is 90.5 Å². The van der Waals surface area contributed by atoms with Crippen LogP contribution in [0.4, 0.5) is 17.1 Å². The third kappa shape index (κ3) is 6.17. The van der Waals surface area contributed by atoms with Crippen molar-refractivity contribution in [2.24, 2.45) is 5.92 Å². The second-order valence-corrected chi connectivity index (χ2v) is 13.0. The van der Waals surface area contributed by atoms with Gasteiger partial charge in [-0.05, 0) is 60.0 Å². The van der Waals surface area contributed by atoms with Crippen molar-refractivity contribution in [2.75, 3.05) is 23.0 Å². The number of para-hydroxylation sites is 2. The number of allylic oxidation sites excluding steroid dienone is 1. The quantitative estimate of drug-likeness (QED) is 0.160. The van der Waals surface area contributed by atoms with E-state index in [1.165, 1.54) is 0 Å². The zero-order valence-electron chi connectivity index (χ0n) is 27.4. The summed E-state index contributed by atoms with van der Waals surface area (Å²) in [4.78, 5) is 30.1. The van der Waals surface area contributed by atoms with Crippen LogP contribution in [0.1, 0.15) is 41.6 Å². The second-order valence-electron chi connectivity index (χ2n) is 12.5. The number of hydrogen-bond donors (Lipinski definition) is 2. The Balaban J connectivity index is 1.05. The number of benzene rings is 4. The van der Waals surface area contributed by atoms with E-state index in [1.807, 2.05) is 104 Å². The Labute approximate surface area is 294 Å². The van der Waals surface area contributed by atoms with Crippen LogP contribution in [-0.2, 0) is 28.3 Å². The van der Waals surface area contributed by atoms with Crippen LogP contribution in [0.5, 0.6) is 5.75 Å². The van der Waals surface area contributed by atoms with Crippen LogP contribution in [-0.4, -0.2) is 50.2 Å². The molecule has 50 heavy (non-hydrogen) atoms. The summed E-state index contributed by atoms with van der Waals surface area (Å²) in [6.45, 7) is 2.43. The smallest absolute Gasteiger partial charge is 0.269 e. The number of rotatable bonds is 11. The molecule has 0 fully saturated rings. The van der Waals surface area contributed by atoms with Gasteiger partial charge in [-0.15, -0.1) is 5.10 Å². The average Bonchev–Trinajstić information content (AvgIpc) is 3.68. The van der Waals surface area contributed by atoms with Crippen molar-refractivity contribution < 1.29 is 24.5 Å². The van der Waals surface area contributed by atoms with Gasteiger partial charge in [0.05, 0.1) is 36.1 Å². The van der Waals surface area contributed by atoms with E-state index >= 15 is 0 Å². The van der Waals surface area contributed by atoms with Gasteiger partial charge in [0.25, 0.3) is 11.8 Å². The summed E-state index contributed by atoms with van der Waals surface area (Å²) < 4.78 is 7.31. The van der Waals surface area contributed by atoms with E-state index in [0.717, 1.165) is 11.1 Å². The van der Waals surface area contributed by atoms with Gasteiger partial charge in [-0.2, -0.15) is 0 Å². The second kappa shape index (κ2) is 13.9. The van der Waals surface area contributed by atoms with Gasteiger partial charge in [-0.25, -0.2) is 0 Å². The standard InChI is InChI=1S/C39H36ClN5O5/c1-26(9-7-8-20-43-23-33(41-42-43)31(24-46)28-10-3-2-4-11-28)39(49)32-21-29(40)16-19-34(32)44(38(39)48)22-27-14-17-30(18-15-27)45-35-12-5-6-13-36(35)50-25-37(45)47/h2-7,9-19,21,23,26,31,46,49H,8,20,22,24-25H2,1H3/b9-7+/t26-,31?,39+/m1/s1. The molecule has 4 aromatic carbocycles. The highest BCUT2D eigenvalue weighted by molar-refractivity contribution is 6.31. The van der Waals surface area contributed by atoms with Crippen LogP contribution in [0.3, 0.4) is 0 Å². The molecule has 0 radical (unpaired) electrons. The molecule has 10 nitrogen and oxygen atoms in total. The van der Waals surface area contributed by atoms with E-state index in [0.29, 0.717) is 52.1 Å². The Hall–Kier alpha value is -5.29. The fourth-order valence-electron chi connectivity index (χ4n) is 6.68. The summed E-state index contributed by atoms with van der Waals surface area (Å²) in [5.41, 5.74) is 3.06. The molecule has 11 heteroatoms. The molecule has 3 heterocycles. The van der Waals surface area contributed by atoms with Crippen LogP contribution < -0.4 is 14.5 Å². The minimum Gasteiger partial charge on any atom is -0.482 e. The van der Waals surface area contributed by atoms with E-state index in [9.17, 15) is 19.8 Å². The number of aryl methyl sites for hydroxylation is 1. The highest BCUT2D eigenvalue weighted by atomic mass is 35.5. The zero-order valence-corrected chi connectivity index (χ0v) is 28.1. The van der Waals surface area contributed by atoms with Gasteiger partial charge in [0.15, 0.2) is 12.2 Å². The number of carbonyl (C=O) groups is 2. The highest BCUT2D eigenvalue weighted by Crippen LogP contribution is 2.47. The zero-order chi connectivity index (χ0) is 34.8. The fourth-order valence-corrected chi connectivity index (χ4v) is 6.85. The van der Waals surface area contributed by atoms with Crippen molar-refractivity contribution in [2.45, 2.75) is 38.0 Å². The lowest BCUT2D eigenvalue weighted by atomic mass is 9.83. The summed E-state index contributed by atoms with van der Waals surface area (Å²) >= 11 is 6.39. The van der Waals surface area contributed by atoms with Gasteiger partial charge in [0, 0.05) is 34.9 Å². The molecule has 1 unspecified atom stereocenters. The molecule has 0 bridgehead atoms. The number of hydrogen-bond acceptors (Lipinski definition) is 7. The lowest BCUT2D eigenvalue weighted by Crippen LogP contribution is -2.44. The number of aromatic nitrogens is 3. The maximum absolute atomic E-state index is 14.1. The van der Waals surface area contributed by atoms with E-state index < -0.39 is 17.4 Å². The van der Waals surface area contributed by atoms with Crippen LogP contribution in [0, 0.1) is 5.92 Å². The maximum Gasteiger partial charge on any atom is 0.269 e. The molecule has 0 spiro atoms. The van der Waals surface area contributed by atoms with Gasteiger partial charge in [-0.3, -0.25) is 19.2 Å². The first-order valence-electron chi connectivity index (χ1n) is 16.5. The Morgan fingerprint density at radius 3 is 2.52 bits per heavy atom. The van der Waals surface area contributed by atoms with E-state index in [2.05, 4.69) is 10.3 Å². The van der Waals surface area contributed by atoms with E-state index in [-0.39, 0.29) is 31.6 Å². The third-order valence-corrected chi connectivity index (χ3v) is 9.61. The molecule has 7 rings (SSSR count). The van der Waals surface area contributed by atoms with Crippen LogP contribution >= 0.6 is 11.6 Å². The predicted molar refractivity (Wildman–Crippen MR) is 190 cm³/mol. The van der Waals surface area contributed by atoms with Crippen molar-refractivity contribution in [1.82, 2.24) is 15.0 Å². The third-order valence-electron chi connectivity index (χ3n) is 9.38. The molecule has 254 valence electrons. The van der Waals surface area contributed by atoms with Gasteiger partial charge in [0.2, 0.25) is 0 Å². The van der Waals surface area contributed by atoms with Crippen molar-refractivity contribution in [3.63, 3.8) is 0 Å². The lowest BCUT2D eigenvalue weighted by Gasteiger charge is -2.29. The Bertz CT molecular complexity index is 2050. The minimum atomic E-state index is -1.83. The molecule has 0 aliphatic carbocycles. The molecule has 0 saturated carbocycles. The van der Waals surface area contributed by atoms with Crippen molar-refractivity contribution in [3.05, 3.63) is 143 Å². The molecule has 5 aromatic rings. The molecule has 3 atom stereocenters. The van der Waals surface area contributed by atoms with Crippen LogP contribution in [0.15, 0.2) is 115 Å². The predicted octanol–water partition coefficient (Wildman–Crippen LogP) is 6.13. The molecular weight excluding hydrogens is 654 g/mol. The molecule has 0 saturated heterocycles. The number of nitrogens with zero attached hydrogens (tertiary/aromatic N) is 5. The number of fused-ring (bicyclic) bond motifs is 2. The number of amides is 2. The normalized spacial score (nSPS) is 18.2. The van der Waals surface area contributed by atoms with Crippen molar-refractivity contribution in [3.8, 4) is 5.75 Å². The first-order valence-corrected chi connectivity index (χ1v) is 16.9. The number of aliphatic hydroxyl groups excluding tert-OH is 1. The van der Waals surface area contributed by atoms with Gasteiger partial charge >= 0.3 is 0 Å². The number of anilines is 3. The highest BCUT2D eigenvalue weighted by Gasteiger charge is 2.52. The largest absolute Gasteiger partial charge is 0.482 e. The van der Waals surface area contributed by atoms with Crippen LogP contribution in [0.25, 0.3) is 0 Å². The topological polar surface area (TPSA) is 121 Å². The summed E-state index contributed by atoms with van der Waals surface area (Å²) in [5, 5.41) is 31.0. The molecule has 2 aliphatic rings. The summed E-state index contributed by atoms with van der Waals surface area (Å²) in [6.07, 6.45) is 6.19. The molecular formula is C39H36ClN5O5. The minimum absolute atomic E-state index is 0.0488. The Morgan fingerprint density at radius 1 is 0.980 bits per heavy atom. The van der Waals surface area contributed by atoms with Gasteiger partial charge < -0.3 is 19.8 Å². The number of carbonyl (C=O) groups excluding carboxylic acids is 2.